The molecule has 4 aliphatic rings. The second-order valence-electron chi connectivity index (χ2n) is 12.3. The van der Waals surface area contributed by atoms with E-state index < -0.39 is 48.8 Å². The highest BCUT2D eigenvalue weighted by Crippen LogP contribution is 2.59. The van der Waals surface area contributed by atoms with Crippen LogP contribution in [0.4, 0.5) is 8.78 Å². The van der Waals surface area contributed by atoms with Crippen LogP contribution in [-0.4, -0.2) is 117 Å². The molecule has 4 aliphatic heterocycles. The number of amides is 4. The Hall–Kier alpha value is -3.01. The van der Waals surface area contributed by atoms with Crippen molar-refractivity contribution in [1.29, 1.82) is 0 Å². The van der Waals surface area contributed by atoms with E-state index in [0.29, 0.717) is 56.7 Å². The maximum atomic E-state index is 14.3. The van der Waals surface area contributed by atoms with Crippen molar-refractivity contribution in [2.45, 2.75) is 62.0 Å². The highest BCUT2D eigenvalue weighted by molar-refractivity contribution is 7.52. The summed E-state index contributed by atoms with van der Waals surface area (Å²) in [5, 5.41) is 13.4. The Labute approximate surface area is 266 Å². The topological polar surface area (TPSA) is 177 Å². The van der Waals surface area contributed by atoms with Crippen molar-refractivity contribution in [3.63, 3.8) is 0 Å². The molecule has 17 heteroatoms. The zero-order valence-electron chi connectivity index (χ0n) is 24.7. The number of likely N-dealkylation sites (tertiary alicyclic amines) is 1. The number of alkyl halides is 2. The van der Waals surface area contributed by atoms with Crippen molar-refractivity contribution < 1.29 is 52.2 Å². The molecule has 1 aromatic carbocycles. The van der Waals surface area contributed by atoms with Crippen LogP contribution in [0.2, 0.25) is 0 Å². The molecule has 4 atom stereocenters. The standard InChI is InChI=1S/C29H35F2N4O9PS/c30-29(31,45(41,42)43)18-1-6-23-16(11-18)12-24(46-23)25(37)32-21-13-20(36)4-2-19-3-5-22(35(19)27(21)39)28(40)34-14-17(15-34)26(38)33-7-9-44-10-8-33/h1,6,11-12,17,19-22,36H,2-5,7-10,13-15H2,(H,32,37)(H2,41,42,43)/t19-,20+,21?,22-/m0/s1. The quantitative estimate of drug-likeness (QED) is 0.328. The largest absolute Gasteiger partial charge is 0.399 e. The molecule has 0 spiro atoms. The highest BCUT2D eigenvalue weighted by Gasteiger charge is 2.51. The maximum absolute atomic E-state index is 14.3. The molecule has 46 heavy (non-hydrogen) atoms. The Morgan fingerprint density at radius 1 is 1.00 bits per heavy atom. The predicted molar refractivity (Wildman–Crippen MR) is 160 cm³/mol. The first-order valence-electron chi connectivity index (χ1n) is 15.2. The molecule has 0 bridgehead atoms. The second-order valence-corrected chi connectivity index (χ2v) is 15.0. The van der Waals surface area contributed by atoms with E-state index in [1.165, 1.54) is 17.0 Å². The predicted octanol–water partition coefficient (Wildman–Crippen LogP) is 1.45. The van der Waals surface area contributed by atoms with Crippen LogP contribution in [0, 0.1) is 5.92 Å². The lowest BCUT2D eigenvalue weighted by molar-refractivity contribution is -0.157. The van der Waals surface area contributed by atoms with E-state index in [-0.39, 0.29) is 53.5 Å². The van der Waals surface area contributed by atoms with Gasteiger partial charge in [-0.3, -0.25) is 23.7 Å². The van der Waals surface area contributed by atoms with Crippen LogP contribution in [0.15, 0.2) is 24.3 Å². The summed E-state index contributed by atoms with van der Waals surface area (Å²) in [7, 11) is -5.79. The smallest absolute Gasteiger partial charge is 0.393 e. The van der Waals surface area contributed by atoms with Gasteiger partial charge in [0, 0.05) is 48.9 Å². The second kappa shape index (κ2) is 12.5. The molecule has 4 fully saturated rings. The van der Waals surface area contributed by atoms with E-state index in [0.717, 1.165) is 23.5 Å². The van der Waals surface area contributed by atoms with E-state index in [1.54, 1.807) is 9.80 Å². The van der Waals surface area contributed by atoms with Crippen molar-refractivity contribution in [2.24, 2.45) is 5.92 Å². The first kappa shape index (κ1) is 32.9. The number of fused-ring (bicyclic) bond motifs is 2. The molecule has 0 aliphatic carbocycles. The first-order chi connectivity index (χ1) is 21.7. The summed E-state index contributed by atoms with van der Waals surface area (Å²) in [5.74, 6) is -1.75. The molecule has 5 heterocycles. The van der Waals surface area contributed by atoms with Gasteiger partial charge >= 0.3 is 13.3 Å². The first-order valence-corrected chi connectivity index (χ1v) is 17.6. The SMILES string of the molecule is O=C(NC1C[C@H](O)CC[C@H]2CC[C@@H](C(=O)N3CC(C(=O)N4CCOCC4)C3)N2C1=O)c1cc2cc(C(F)(F)P(=O)(O)O)ccc2s1. The number of hydrogen-bond donors (Lipinski definition) is 4. The molecule has 4 amide bonds. The highest BCUT2D eigenvalue weighted by atomic mass is 32.1. The lowest BCUT2D eigenvalue weighted by Crippen LogP contribution is -2.63. The summed E-state index contributed by atoms with van der Waals surface area (Å²) in [5.41, 5.74) is -5.31. The van der Waals surface area contributed by atoms with Gasteiger partial charge in [0.2, 0.25) is 17.7 Å². The molecule has 4 N–H and O–H groups in total. The van der Waals surface area contributed by atoms with Crippen LogP contribution < -0.4 is 5.32 Å². The van der Waals surface area contributed by atoms with Gasteiger partial charge in [0.05, 0.1) is 30.1 Å². The summed E-state index contributed by atoms with van der Waals surface area (Å²) in [6, 6.07) is 2.10. The van der Waals surface area contributed by atoms with Crippen LogP contribution in [0.25, 0.3) is 10.1 Å². The summed E-state index contributed by atoms with van der Waals surface area (Å²) in [6.45, 7) is 2.54. The van der Waals surface area contributed by atoms with Gasteiger partial charge in [-0.1, -0.05) is 6.07 Å². The number of carbonyl (C=O) groups excluding carboxylic acids is 4. The van der Waals surface area contributed by atoms with Gasteiger partial charge in [-0.2, -0.15) is 8.78 Å². The zero-order chi connectivity index (χ0) is 33.0. The van der Waals surface area contributed by atoms with Crippen LogP contribution >= 0.6 is 18.9 Å². The number of thiophene rings is 1. The summed E-state index contributed by atoms with van der Waals surface area (Å²) >= 11 is 0.947. The van der Waals surface area contributed by atoms with Crippen molar-refractivity contribution in [3.05, 3.63) is 34.7 Å². The van der Waals surface area contributed by atoms with Crippen molar-refractivity contribution >= 4 is 52.6 Å². The fourth-order valence-electron chi connectivity index (χ4n) is 6.73. The number of benzene rings is 1. The molecule has 4 saturated heterocycles. The zero-order valence-corrected chi connectivity index (χ0v) is 26.4. The fraction of sp³-hybridized carbons (Fsp3) is 0.586. The van der Waals surface area contributed by atoms with Crippen LogP contribution in [0.3, 0.4) is 0 Å². The minimum absolute atomic E-state index is 0.0104. The number of aliphatic hydroxyl groups is 1. The minimum Gasteiger partial charge on any atom is -0.393 e. The van der Waals surface area contributed by atoms with Crippen LogP contribution in [0.1, 0.15) is 47.3 Å². The minimum atomic E-state index is -5.79. The van der Waals surface area contributed by atoms with Crippen molar-refractivity contribution in [1.82, 2.24) is 20.0 Å². The van der Waals surface area contributed by atoms with E-state index in [2.05, 4.69) is 5.32 Å². The Balaban J connectivity index is 1.15. The van der Waals surface area contributed by atoms with Gasteiger partial charge in [0.15, 0.2) is 0 Å². The number of halogens is 2. The van der Waals surface area contributed by atoms with Crippen molar-refractivity contribution in [3.8, 4) is 0 Å². The molecule has 250 valence electrons. The number of nitrogens with zero attached hydrogens (tertiary/aromatic N) is 3. The third kappa shape index (κ3) is 6.18. The number of morpholine rings is 1. The van der Waals surface area contributed by atoms with Gasteiger partial charge in [0.1, 0.15) is 12.1 Å². The van der Waals surface area contributed by atoms with E-state index >= 15 is 0 Å². The van der Waals surface area contributed by atoms with E-state index in [4.69, 9.17) is 14.5 Å². The third-order valence-electron chi connectivity index (χ3n) is 9.30. The lowest BCUT2D eigenvalue weighted by Gasteiger charge is -2.44. The van der Waals surface area contributed by atoms with Gasteiger partial charge in [-0.15, -0.1) is 11.3 Å². The molecule has 13 nitrogen and oxygen atoms in total. The normalized spacial score (nSPS) is 26.4. The Bertz CT molecular complexity index is 1590. The molecular formula is C29H35F2N4O9PS. The monoisotopic (exact) mass is 684 g/mol. The number of aliphatic hydroxyl groups excluding tert-OH is 1. The maximum Gasteiger partial charge on any atom is 0.399 e. The summed E-state index contributed by atoms with van der Waals surface area (Å²) < 4.78 is 45.6. The number of hydrogen-bond acceptors (Lipinski definition) is 8. The third-order valence-corrected chi connectivity index (χ3v) is 11.4. The van der Waals surface area contributed by atoms with Crippen LogP contribution in [0.5, 0.6) is 0 Å². The average molecular weight is 685 g/mol. The number of ether oxygens (including phenoxy) is 1. The molecule has 1 unspecified atom stereocenters. The molecule has 2 aromatic rings. The molecule has 0 saturated carbocycles. The van der Waals surface area contributed by atoms with Crippen molar-refractivity contribution in [2.75, 3.05) is 39.4 Å². The van der Waals surface area contributed by atoms with Gasteiger partial charge in [-0.25, -0.2) is 0 Å². The molecular weight excluding hydrogens is 649 g/mol. The average Bonchev–Trinajstić information content (AvgIpc) is 3.62. The Morgan fingerprint density at radius 2 is 1.70 bits per heavy atom. The van der Waals surface area contributed by atoms with Crippen LogP contribution in [-0.2, 0) is 29.3 Å². The number of nitrogens with one attached hydrogen (secondary N) is 1. The van der Waals surface area contributed by atoms with E-state index in [1.807, 2.05) is 0 Å². The van der Waals surface area contributed by atoms with Gasteiger partial charge < -0.3 is 39.6 Å². The Kier molecular flexibility index (Phi) is 8.98. The molecule has 6 rings (SSSR count). The Morgan fingerprint density at radius 3 is 2.39 bits per heavy atom. The molecule has 1 aromatic heterocycles. The lowest BCUT2D eigenvalue weighted by atomic mass is 9.95. The van der Waals surface area contributed by atoms with E-state index in [9.17, 15) is 37.6 Å². The van der Waals surface area contributed by atoms with Gasteiger partial charge in [-0.05, 0) is 49.3 Å². The number of rotatable bonds is 6. The summed E-state index contributed by atoms with van der Waals surface area (Å²) in [4.78, 5) is 76.8. The molecule has 0 radical (unpaired) electrons. The van der Waals surface area contributed by atoms with Gasteiger partial charge in [0.25, 0.3) is 5.91 Å². The summed E-state index contributed by atoms with van der Waals surface area (Å²) in [6.07, 6.45) is 0.861. The fourth-order valence-corrected chi connectivity index (χ4v) is 8.15. The number of carbonyl (C=O) groups is 4.